The first-order valence-electron chi connectivity index (χ1n) is 19.7. The summed E-state index contributed by atoms with van der Waals surface area (Å²) in [5.41, 5.74) is 10.9. The zero-order valence-corrected chi connectivity index (χ0v) is 36.5. The normalized spacial score (nSPS) is 17.3. The molecule has 2 atom stereocenters. The molecule has 310 valence electrons. The van der Waals surface area contributed by atoms with Crippen LogP contribution >= 0.6 is 15.9 Å². The molecule has 3 aliphatic rings. The Kier molecular flexibility index (Phi) is 13.2. The number of carbonyl (C=O) groups excluding carboxylic acids is 4. The summed E-state index contributed by atoms with van der Waals surface area (Å²) in [6.07, 6.45) is 11.8. The smallest absolute Gasteiger partial charge is 0.334 e. The Balaban J connectivity index is 1.75. The molecule has 0 spiro atoms. The largest absolute Gasteiger partial charge is 0.469 e. The predicted octanol–water partition coefficient (Wildman–Crippen LogP) is 8.74. The van der Waals surface area contributed by atoms with Crippen LogP contribution in [0.15, 0.2) is 48.1 Å². The second-order valence-electron chi connectivity index (χ2n) is 15.1. The van der Waals surface area contributed by atoms with E-state index < -0.39 is 23.3 Å². The van der Waals surface area contributed by atoms with Gasteiger partial charge in [-0.3, -0.25) is 19.4 Å². The molecule has 0 aromatic carbocycles. The van der Waals surface area contributed by atoms with Crippen LogP contribution < -0.4 is 0 Å². The lowest BCUT2D eigenvalue weighted by molar-refractivity contribution is -0.149. The van der Waals surface area contributed by atoms with Crippen molar-refractivity contribution in [3.8, 4) is 0 Å². The molecule has 59 heavy (non-hydrogen) atoms. The van der Waals surface area contributed by atoms with Crippen LogP contribution in [0.3, 0.4) is 0 Å². The Labute approximate surface area is 352 Å². The number of esters is 4. The van der Waals surface area contributed by atoms with Crippen LogP contribution in [0.4, 0.5) is 0 Å². The summed E-state index contributed by atoms with van der Waals surface area (Å²) in [6, 6.07) is 7.88. The van der Waals surface area contributed by atoms with Crippen LogP contribution in [-0.4, -0.2) is 77.6 Å². The molecule has 0 fully saturated rings. The fraction of sp³-hybridized carbons (Fsp3) is 0.391. The SMILES string of the molecule is COC(=O)CCC1=C(C)c2cc3[nH]c(cc4nc(cc5[nH]c(cc1n2)c(CCC(=O)OC)c5C)C1=CC=C(C(=O)OC)[C@@H](C(=O)OC)[C@]14C)c(/C=C/CCCCBr)c3C. The fourth-order valence-electron chi connectivity index (χ4n) is 8.29. The number of hydrogen-bond donors (Lipinski definition) is 2. The highest BCUT2D eigenvalue weighted by Crippen LogP contribution is 2.52. The number of fused-ring (bicyclic) bond motifs is 11. The molecule has 0 saturated heterocycles. The zero-order chi connectivity index (χ0) is 42.6. The molecule has 1 aliphatic carbocycles. The van der Waals surface area contributed by atoms with E-state index in [9.17, 15) is 19.2 Å². The van der Waals surface area contributed by atoms with Crippen molar-refractivity contribution in [2.45, 2.75) is 78.1 Å². The van der Waals surface area contributed by atoms with E-state index in [2.05, 4.69) is 45.0 Å². The van der Waals surface area contributed by atoms with E-state index in [4.69, 9.17) is 28.9 Å². The van der Waals surface area contributed by atoms with Gasteiger partial charge in [-0.1, -0.05) is 40.2 Å². The Morgan fingerprint density at radius 3 is 2.10 bits per heavy atom. The van der Waals surface area contributed by atoms with Gasteiger partial charge in [0.1, 0.15) is 5.92 Å². The van der Waals surface area contributed by atoms with Crippen molar-refractivity contribution in [2.75, 3.05) is 33.8 Å². The molecule has 3 aromatic rings. The number of unbranched alkanes of at least 4 members (excludes halogenated alkanes) is 2. The minimum Gasteiger partial charge on any atom is -0.469 e. The van der Waals surface area contributed by atoms with Gasteiger partial charge in [-0.2, -0.15) is 0 Å². The Morgan fingerprint density at radius 2 is 1.42 bits per heavy atom. The van der Waals surface area contributed by atoms with Gasteiger partial charge < -0.3 is 28.9 Å². The van der Waals surface area contributed by atoms with Crippen molar-refractivity contribution >= 4 is 84.7 Å². The van der Waals surface area contributed by atoms with Gasteiger partial charge in [-0.25, -0.2) is 9.78 Å². The highest BCUT2D eigenvalue weighted by atomic mass is 79.9. The summed E-state index contributed by atoms with van der Waals surface area (Å²) < 4.78 is 20.6. The minimum absolute atomic E-state index is 0.150. The van der Waals surface area contributed by atoms with Gasteiger partial charge in [0.15, 0.2) is 0 Å². The molecule has 2 N–H and O–H groups in total. The Hall–Kier alpha value is -5.56. The first kappa shape index (κ1) is 43.0. The van der Waals surface area contributed by atoms with Crippen molar-refractivity contribution in [3.05, 3.63) is 93.1 Å². The number of aryl methyl sites for hydroxylation is 3. The minimum atomic E-state index is -1.15. The number of alkyl halides is 1. The lowest BCUT2D eigenvalue weighted by Crippen LogP contribution is -2.42. The van der Waals surface area contributed by atoms with Gasteiger partial charge in [0, 0.05) is 45.8 Å². The monoisotopic (exact) mass is 866 g/mol. The van der Waals surface area contributed by atoms with E-state index in [1.807, 2.05) is 51.1 Å². The number of carbonyl (C=O) groups is 4. The number of hydrogen-bond acceptors (Lipinski definition) is 10. The number of nitrogens with one attached hydrogen (secondary N) is 2. The lowest BCUT2D eigenvalue weighted by atomic mass is 9.64. The number of ether oxygens (including phenoxy) is 4. The summed E-state index contributed by atoms with van der Waals surface area (Å²) >= 11 is 3.53. The van der Waals surface area contributed by atoms with Crippen molar-refractivity contribution in [1.29, 1.82) is 0 Å². The van der Waals surface area contributed by atoms with Crippen LogP contribution in [0.2, 0.25) is 0 Å². The van der Waals surface area contributed by atoms with E-state index in [1.165, 1.54) is 28.4 Å². The quantitative estimate of drug-likeness (QED) is 0.0735. The molecule has 3 aromatic heterocycles. The van der Waals surface area contributed by atoms with Gasteiger partial charge in [-0.05, 0) is 117 Å². The third-order valence-electron chi connectivity index (χ3n) is 11.8. The summed E-state index contributed by atoms with van der Waals surface area (Å²) in [4.78, 5) is 69.7. The number of allylic oxidation sites excluding steroid dienone is 6. The molecular weight excluding hydrogens is 816 g/mol. The first-order valence-corrected chi connectivity index (χ1v) is 20.8. The van der Waals surface area contributed by atoms with Gasteiger partial charge in [0.05, 0.1) is 62.2 Å². The van der Waals surface area contributed by atoms with Crippen molar-refractivity contribution in [1.82, 2.24) is 19.9 Å². The molecule has 0 amide bonds. The summed E-state index contributed by atoms with van der Waals surface area (Å²) in [7, 11) is 5.35. The highest BCUT2D eigenvalue weighted by Gasteiger charge is 2.53. The fourth-order valence-corrected chi connectivity index (χ4v) is 8.69. The van der Waals surface area contributed by atoms with Crippen molar-refractivity contribution < 1.29 is 38.1 Å². The molecule has 6 rings (SSSR count). The average molecular weight is 868 g/mol. The Morgan fingerprint density at radius 1 is 0.763 bits per heavy atom. The zero-order valence-electron chi connectivity index (χ0n) is 34.9. The van der Waals surface area contributed by atoms with E-state index in [-0.39, 0.29) is 30.4 Å². The summed E-state index contributed by atoms with van der Waals surface area (Å²) in [5.74, 6) is -2.96. The number of rotatable bonds is 13. The van der Waals surface area contributed by atoms with E-state index in [0.717, 1.165) is 91.3 Å². The predicted molar refractivity (Wildman–Crippen MR) is 232 cm³/mol. The molecule has 2 aliphatic heterocycles. The van der Waals surface area contributed by atoms with Gasteiger partial charge in [0.25, 0.3) is 0 Å². The van der Waals surface area contributed by atoms with E-state index in [0.29, 0.717) is 29.9 Å². The molecule has 0 unspecified atom stereocenters. The standard InChI is InChI=1S/C46H51BrN4O8/c1-25-28(13-11-9-10-12-20-47)38-24-40-46(4)32(17-14-31(44(54)58-7)43(46)45(55)59-8)39(51-40)22-35-27(3)30(16-19-42(53)57-6)37(49-35)23-36-29(15-18-41(52)56-5)26(2)34(48-36)21-33(25)50-38/h11,13-14,17,21-24,43,49-50H,9-10,12,15-16,18-20H2,1-8H3/b13-11+,33-21?,34-21?,35-22?,36-23?,37-23?,38-24?,39-22?,40-24?/t43-,46+/m0/s1. The number of halogens is 1. The van der Waals surface area contributed by atoms with E-state index in [1.54, 1.807) is 6.08 Å². The second-order valence-corrected chi connectivity index (χ2v) is 15.9. The molecule has 8 bridgehead atoms. The van der Waals surface area contributed by atoms with E-state index >= 15 is 0 Å². The number of aromatic nitrogens is 4. The van der Waals surface area contributed by atoms with Crippen LogP contribution in [0.25, 0.3) is 44.9 Å². The van der Waals surface area contributed by atoms with Crippen LogP contribution in [-0.2, 0) is 50.0 Å². The van der Waals surface area contributed by atoms with Crippen molar-refractivity contribution in [2.24, 2.45) is 5.92 Å². The molecule has 12 nitrogen and oxygen atoms in total. The Bertz CT molecular complexity index is 2500. The topological polar surface area (TPSA) is 163 Å². The maximum Gasteiger partial charge on any atom is 0.334 e. The number of aromatic amines is 2. The van der Waals surface area contributed by atoms with Crippen LogP contribution in [0.5, 0.6) is 0 Å². The molecular formula is C46H51BrN4O8. The average Bonchev–Trinajstić information content (AvgIpc) is 3.89. The lowest BCUT2D eigenvalue weighted by Gasteiger charge is -2.36. The molecule has 0 radical (unpaired) electrons. The molecule has 13 heteroatoms. The van der Waals surface area contributed by atoms with Crippen LogP contribution in [0, 0.1) is 19.8 Å². The molecule has 0 saturated carbocycles. The second kappa shape index (κ2) is 18.1. The maximum absolute atomic E-state index is 13.9. The highest BCUT2D eigenvalue weighted by molar-refractivity contribution is 9.09. The number of H-pyrrole nitrogens is 2. The third-order valence-corrected chi connectivity index (χ3v) is 12.3. The maximum atomic E-state index is 13.9. The summed E-state index contributed by atoms with van der Waals surface area (Å²) in [5, 5.41) is 0.931. The summed E-state index contributed by atoms with van der Waals surface area (Å²) in [6.45, 7) is 7.95. The first-order chi connectivity index (χ1) is 28.3. The van der Waals surface area contributed by atoms with Crippen molar-refractivity contribution in [3.63, 3.8) is 0 Å². The number of nitrogens with zero attached hydrogens (tertiary/aromatic N) is 2. The third kappa shape index (κ3) is 8.35. The van der Waals surface area contributed by atoms with Gasteiger partial charge in [0.2, 0.25) is 0 Å². The van der Waals surface area contributed by atoms with Gasteiger partial charge in [-0.15, -0.1) is 0 Å². The van der Waals surface area contributed by atoms with Gasteiger partial charge >= 0.3 is 23.9 Å². The van der Waals surface area contributed by atoms with Crippen LogP contribution in [0.1, 0.15) is 97.4 Å². The number of methoxy groups -OCH3 is 4. The molecule has 5 heterocycles.